The number of benzene rings is 1. The zero-order valence-electron chi connectivity index (χ0n) is 17.2. The van der Waals surface area contributed by atoms with Crippen LogP contribution in [-0.2, 0) is 6.54 Å². The summed E-state index contributed by atoms with van der Waals surface area (Å²) in [6.45, 7) is 8.10. The molecule has 2 atom stereocenters. The van der Waals surface area contributed by atoms with Crippen molar-refractivity contribution in [2.24, 2.45) is 10.8 Å². The van der Waals surface area contributed by atoms with Gasteiger partial charge in [0.15, 0.2) is 11.3 Å². The lowest BCUT2D eigenvalue weighted by molar-refractivity contribution is 0.583. The first-order valence-electron chi connectivity index (χ1n) is 9.54. The van der Waals surface area contributed by atoms with E-state index in [-0.39, 0.29) is 18.4 Å². The second-order valence-electron chi connectivity index (χ2n) is 7.37. The van der Waals surface area contributed by atoms with Gasteiger partial charge >= 0.3 is 0 Å². The topological polar surface area (TPSA) is 77.3 Å². The van der Waals surface area contributed by atoms with E-state index in [1.807, 2.05) is 44.5 Å². The highest BCUT2D eigenvalue weighted by Gasteiger charge is 2.31. The molecule has 3 heterocycles. The van der Waals surface area contributed by atoms with Gasteiger partial charge in [-0.1, -0.05) is 29.4 Å². The summed E-state index contributed by atoms with van der Waals surface area (Å²) in [5.74, 6) is 0.241. The summed E-state index contributed by atoms with van der Waals surface area (Å²) in [5.41, 5.74) is 9.17. The van der Waals surface area contributed by atoms with Gasteiger partial charge in [-0.2, -0.15) is 15.3 Å². The lowest BCUT2D eigenvalue weighted by Gasteiger charge is -2.15. The Morgan fingerprint density at radius 2 is 2.00 bits per heavy atom. The van der Waals surface area contributed by atoms with Crippen LogP contribution in [0.25, 0.3) is 0 Å². The minimum atomic E-state index is -0.401. The molecule has 2 aromatic heterocycles. The van der Waals surface area contributed by atoms with Crippen molar-refractivity contribution in [3.63, 3.8) is 0 Å². The highest BCUT2D eigenvalue weighted by molar-refractivity contribution is 8.14. The molecule has 1 aliphatic heterocycles. The van der Waals surface area contributed by atoms with Crippen LogP contribution in [0.4, 0.5) is 10.2 Å². The van der Waals surface area contributed by atoms with E-state index < -0.39 is 5.50 Å². The molecule has 3 aromatic rings. The lowest BCUT2D eigenvalue weighted by atomic mass is 10.1. The van der Waals surface area contributed by atoms with Gasteiger partial charge in [0.05, 0.1) is 23.3 Å². The molecule has 1 aliphatic rings. The third kappa shape index (κ3) is 3.84. The van der Waals surface area contributed by atoms with Crippen LogP contribution >= 0.6 is 23.4 Å². The van der Waals surface area contributed by atoms with E-state index in [9.17, 15) is 4.39 Å². The van der Waals surface area contributed by atoms with Crippen LogP contribution < -0.4 is 10.7 Å². The van der Waals surface area contributed by atoms with Gasteiger partial charge in [-0.15, -0.1) is 0 Å². The van der Waals surface area contributed by atoms with Crippen molar-refractivity contribution in [1.29, 1.82) is 0 Å². The Hall–Kier alpha value is -2.36. The van der Waals surface area contributed by atoms with Gasteiger partial charge in [0.25, 0.3) is 0 Å². The summed E-state index contributed by atoms with van der Waals surface area (Å²) in [7, 11) is 0. The van der Waals surface area contributed by atoms with E-state index in [1.165, 1.54) is 17.8 Å². The summed E-state index contributed by atoms with van der Waals surface area (Å²) in [6, 6.07) is 6.89. The Kier molecular flexibility index (Phi) is 5.61. The monoisotopic (exact) mass is 447 g/mol. The summed E-state index contributed by atoms with van der Waals surface area (Å²) < 4.78 is 17.8. The molecule has 0 amide bonds. The van der Waals surface area contributed by atoms with E-state index in [2.05, 4.69) is 15.3 Å². The van der Waals surface area contributed by atoms with Crippen LogP contribution in [0.2, 0.25) is 5.02 Å². The number of anilines is 1. The largest absolute Gasteiger partial charge is 0.301 e. The average molecular weight is 448 g/mol. The first kappa shape index (κ1) is 20.9. The van der Waals surface area contributed by atoms with Gasteiger partial charge in [-0.05, 0) is 45.4 Å². The quantitative estimate of drug-likeness (QED) is 0.633. The molecule has 10 heteroatoms. The maximum atomic E-state index is 14.2. The zero-order chi connectivity index (χ0) is 21.6. The summed E-state index contributed by atoms with van der Waals surface area (Å²) in [4.78, 5) is 0. The highest BCUT2D eigenvalue weighted by Crippen LogP contribution is 2.32. The molecule has 0 saturated heterocycles. The molecule has 0 aliphatic carbocycles. The van der Waals surface area contributed by atoms with E-state index >= 15 is 0 Å². The van der Waals surface area contributed by atoms with E-state index in [4.69, 9.17) is 17.3 Å². The number of rotatable bonds is 5. The van der Waals surface area contributed by atoms with Crippen molar-refractivity contribution in [2.75, 3.05) is 5.01 Å². The molecule has 2 unspecified atom stereocenters. The van der Waals surface area contributed by atoms with Gasteiger partial charge in [-0.3, -0.25) is 9.36 Å². The number of hydrogen-bond donors (Lipinski definition) is 1. The zero-order valence-corrected chi connectivity index (χ0v) is 18.7. The van der Waals surface area contributed by atoms with Crippen LogP contribution in [0, 0.1) is 26.6 Å². The SMILES string of the molecule is Cc1cc(C)n(C(C)C2=NN(c3ccn(Cc4c(F)ccc(C)c4Cl)n3)C(N)S2)n1. The molecule has 158 valence electrons. The Labute approximate surface area is 183 Å². The van der Waals surface area contributed by atoms with Crippen LogP contribution in [0.5, 0.6) is 0 Å². The van der Waals surface area contributed by atoms with Crippen molar-refractivity contribution >= 4 is 34.2 Å². The van der Waals surface area contributed by atoms with Crippen molar-refractivity contribution in [3.8, 4) is 0 Å². The standard InChI is InChI=1S/C20H23ClFN7S/c1-11-5-6-16(22)15(18(11)21)10-27-8-7-17(25-27)29-20(23)30-19(26-29)14(4)28-13(3)9-12(2)24-28/h5-9,14,20H,10,23H2,1-4H3. The van der Waals surface area contributed by atoms with Gasteiger partial charge in [0.1, 0.15) is 10.9 Å². The van der Waals surface area contributed by atoms with Gasteiger partial charge < -0.3 is 5.73 Å². The number of thioether (sulfide) groups is 1. The molecule has 1 aromatic carbocycles. The Bertz CT molecular complexity index is 1120. The fraction of sp³-hybridized carbons (Fsp3) is 0.350. The highest BCUT2D eigenvalue weighted by atomic mass is 35.5. The number of hydrogen-bond acceptors (Lipinski definition) is 6. The summed E-state index contributed by atoms with van der Waals surface area (Å²) in [5, 5.41) is 16.7. The molecule has 0 fully saturated rings. The second kappa shape index (κ2) is 8.05. The first-order valence-corrected chi connectivity index (χ1v) is 10.8. The van der Waals surface area contributed by atoms with Crippen molar-refractivity contribution < 1.29 is 4.39 Å². The molecular weight excluding hydrogens is 425 g/mol. The summed E-state index contributed by atoms with van der Waals surface area (Å²) in [6.07, 6.45) is 1.77. The predicted octanol–water partition coefficient (Wildman–Crippen LogP) is 4.22. The smallest absolute Gasteiger partial charge is 0.173 e. The van der Waals surface area contributed by atoms with Crippen molar-refractivity contribution in [1.82, 2.24) is 19.6 Å². The normalized spacial score (nSPS) is 17.5. The van der Waals surface area contributed by atoms with E-state index in [0.717, 1.165) is 22.0 Å². The Morgan fingerprint density at radius 3 is 2.70 bits per heavy atom. The molecule has 4 rings (SSSR count). The molecule has 0 spiro atoms. The van der Waals surface area contributed by atoms with Crippen molar-refractivity contribution in [3.05, 3.63) is 63.8 Å². The number of nitrogens with zero attached hydrogens (tertiary/aromatic N) is 6. The molecule has 0 saturated carbocycles. The second-order valence-corrected chi connectivity index (χ2v) is 8.88. The molecule has 30 heavy (non-hydrogen) atoms. The fourth-order valence-electron chi connectivity index (χ4n) is 3.45. The van der Waals surface area contributed by atoms with Crippen LogP contribution in [0.3, 0.4) is 0 Å². The number of aryl methyl sites for hydroxylation is 3. The lowest BCUT2D eigenvalue weighted by Crippen LogP contribution is -2.32. The number of nitrogens with two attached hydrogens (primary N) is 1. The van der Waals surface area contributed by atoms with Crippen LogP contribution in [0.15, 0.2) is 35.6 Å². The van der Waals surface area contributed by atoms with E-state index in [1.54, 1.807) is 22.0 Å². The summed E-state index contributed by atoms with van der Waals surface area (Å²) >= 11 is 7.76. The van der Waals surface area contributed by atoms with Crippen molar-refractivity contribution in [2.45, 2.75) is 45.8 Å². The minimum absolute atomic E-state index is 0.0398. The predicted molar refractivity (Wildman–Crippen MR) is 119 cm³/mol. The number of halogens is 2. The molecule has 2 N–H and O–H groups in total. The van der Waals surface area contributed by atoms with Gasteiger partial charge in [-0.25, -0.2) is 9.40 Å². The Balaban J connectivity index is 1.56. The van der Waals surface area contributed by atoms with Gasteiger partial charge in [0.2, 0.25) is 0 Å². The number of aromatic nitrogens is 4. The number of hydrazone groups is 1. The Morgan fingerprint density at radius 1 is 1.23 bits per heavy atom. The first-order chi connectivity index (χ1) is 14.2. The molecule has 0 bridgehead atoms. The maximum Gasteiger partial charge on any atom is 0.173 e. The molecular formula is C20H23ClFN7S. The average Bonchev–Trinajstić information content (AvgIpc) is 3.40. The van der Waals surface area contributed by atoms with E-state index in [0.29, 0.717) is 16.4 Å². The third-order valence-corrected chi connectivity index (χ3v) is 6.65. The molecule has 7 nitrogen and oxygen atoms in total. The van der Waals surface area contributed by atoms with Gasteiger partial charge in [0, 0.05) is 23.5 Å². The van der Waals surface area contributed by atoms with Crippen LogP contribution in [0.1, 0.15) is 35.5 Å². The fourth-order valence-corrected chi connectivity index (χ4v) is 4.60. The molecule has 0 radical (unpaired) electrons. The van der Waals surface area contributed by atoms with Crippen LogP contribution in [-0.4, -0.2) is 30.1 Å². The minimum Gasteiger partial charge on any atom is -0.301 e. The third-order valence-electron chi connectivity index (χ3n) is 5.02. The maximum absolute atomic E-state index is 14.2.